The van der Waals surface area contributed by atoms with Gasteiger partial charge in [-0.25, -0.2) is 14.4 Å². The van der Waals surface area contributed by atoms with Gasteiger partial charge in [-0.3, -0.25) is 5.43 Å². The van der Waals surface area contributed by atoms with E-state index in [0.29, 0.717) is 22.4 Å². The zero-order chi connectivity index (χ0) is 13.0. The predicted octanol–water partition coefficient (Wildman–Crippen LogP) is 3.02. The minimum atomic E-state index is -0.333. The highest BCUT2D eigenvalue weighted by Gasteiger charge is 1.99. The summed E-state index contributed by atoms with van der Waals surface area (Å²) in [7, 11) is 0. The first-order valence-electron chi connectivity index (χ1n) is 5.20. The van der Waals surface area contributed by atoms with Gasteiger partial charge in [-0.1, -0.05) is 29.8 Å². The first kappa shape index (κ1) is 12.4. The first-order valence-corrected chi connectivity index (χ1v) is 5.58. The first-order chi connectivity index (χ1) is 8.65. The Bertz CT molecular complexity index is 566. The van der Waals surface area contributed by atoms with Crippen molar-refractivity contribution in [1.29, 1.82) is 0 Å². The van der Waals surface area contributed by atoms with Crippen molar-refractivity contribution in [1.82, 2.24) is 9.97 Å². The highest BCUT2D eigenvalue weighted by molar-refractivity contribution is 6.29. The average Bonchev–Trinajstić information content (AvgIpc) is 2.30. The van der Waals surface area contributed by atoms with E-state index in [1.54, 1.807) is 25.1 Å². The highest BCUT2D eigenvalue weighted by Crippen LogP contribution is 2.11. The number of benzene rings is 1. The van der Waals surface area contributed by atoms with Crippen molar-refractivity contribution in [3.8, 4) is 0 Å². The fraction of sp³-hybridized carbons (Fsp3) is 0.0833. The van der Waals surface area contributed by atoms with Crippen LogP contribution in [0.15, 0.2) is 35.4 Å². The summed E-state index contributed by atoms with van der Waals surface area (Å²) in [6.07, 6.45) is 1.38. The van der Waals surface area contributed by atoms with Gasteiger partial charge < -0.3 is 0 Å². The van der Waals surface area contributed by atoms with Gasteiger partial charge in [-0.2, -0.15) is 5.10 Å². The molecule has 0 aliphatic heterocycles. The van der Waals surface area contributed by atoms with Gasteiger partial charge >= 0.3 is 0 Å². The maximum absolute atomic E-state index is 13.3. The Balaban J connectivity index is 2.10. The number of aryl methyl sites for hydroxylation is 1. The van der Waals surface area contributed by atoms with Gasteiger partial charge in [0.15, 0.2) is 5.82 Å². The topological polar surface area (TPSA) is 50.2 Å². The molecule has 2 aromatic rings. The van der Waals surface area contributed by atoms with E-state index in [-0.39, 0.29) is 5.82 Å². The molecule has 6 heteroatoms. The zero-order valence-corrected chi connectivity index (χ0v) is 10.3. The van der Waals surface area contributed by atoms with Gasteiger partial charge in [-0.05, 0) is 13.0 Å². The second-order valence-corrected chi connectivity index (χ2v) is 3.90. The lowest BCUT2D eigenvalue weighted by Gasteiger charge is -2.01. The van der Waals surface area contributed by atoms with Gasteiger partial charge in [0.2, 0.25) is 0 Å². The number of anilines is 1. The van der Waals surface area contributed by atoms with E-state index in [9.17, 15) is 4.39 Å². The smallest absolute Gasteiger partial charge is 0.151 e. The molecular formula is C12H10ClFN4. The van der Waals surface area contributed by atoms with E-state index in [2.05, 4.69) is 20.5 Å². The summed E-state index contributed by atoms with van der Waals surface area (Å²) >= 11 is 5.77. The second kappa shape index (κ2) is 5.55. The van der Waals surface area contributed by atoms with Gasteiger partial charge in [0.05, 0.1) is 6.21 Å². The number of nitrogens with one attached hydrogen (secondary N) is 1. The van der Waals surface area contributed by atoms with E-state index in [1.165, 1.54) is 18.3 Å². The molecule has 18 heavy (non-hydrogen) atoms. The van der Waals surface area contributed by atoms with Crippen LogP contribution in [-0.4, -0.2) is 16.2 Å². The molecule has 1 heterocycles. The number of hydrogen-bond acceptors (Lipinski definition) is 4. The lowest BCUT2D eigenvalue weighted by atomic mass is 10.2. The monoisotopic (exact) mass is 264 g/mol. The molecule has 0 aliphatic rings. The maximum atomic E-state index is 13.3. The summed E-state index contributed by atoms with van der Waals surface area (Å²) in [5, 5.41) is 4.22. The Morgan fingerprint density at radius 2 is 2.11 bits per heavy atom. The minimum Gasteiger partial charge on any atom is -0.261 e. The third-order valence-electron chi connectivity index (χ3n) is 2.09. The molecule has 1 N–H and O–H groups in total. The molecule has 4 nitrogen and oxygen atoms in total. The van der Waals surface area contributed by atoms with Crippen LogP contribution in [0.25, 0.3) is 0 Å². The molecule has 2 rings (SSSR count). The van der Waals surface area contributed by atoms with Crippen molar-refractivity contribution in [2.75, 3.05) is 5.43 Å². The molecule has 0 fully saturated rings. The standard InChI is InChI=1S/C12H10ClFN4/c1-8-16-11(13)6-12(17-8)18-15-7-9-4-2-3-5-10(9)14/h2-7H,1H3,(H,16,17,18)/b15-7+. The van der Waals surface area contributed by atoms with E-state index >= 15 is 0 Å². The average molecular weight is 265 g/mol. The Morgan fingerprint density at radius 1 is 1.33 bits per heavy atom. The number of halogens is 2. The van der Waals surface area contributed by atoms with Gasteiger partial charge in [-0.15, -0.1) is 0 Å². The molecule has 0 radical (unpaired) electrons. The Hall–Kier alpha value is -2.01. The number of rotatable bonds is 3. The summed E-state index contributed by atoms with van der Waals surface area (Å²) < 4.78 is 13.3. The van der Waals surface area contributed by atoms with Gasteiger partial charge in [0, 0.05) is 11.6 Å². The lowest BCUT2D eigenvalue weighted by molar-refractivity contribution is 0.626. The molecule has 0 saturated heterocycles. The minimum absolute atomic E-state index is 0.325. The summed E-state index contributed by atoms with van der Waals surface area (Å²) in [6.45, 7) is 1.72. The van der Waals surface area contributed by atoms with Crippen LogP contribution in [0, 0.1) is 12.7 Å². The molecular weight excluding hydrogens is 255 g/mol. The quantitative estimate of drug-likeness (QED) is 0.527. The number of aromatic nitrogens is 2. The molecule has 0 unspecified atom stereocenters. The van der Waals surface area contributed by atoms with Crippen molar-refractivity contribution in [3.05, 3.63) is 52.7 Å². The molecule has 0 atom stereocenters. The van der Waals surface area contributed by atoms with Crippen LogP contribution in [0.4, 0.5) is 10.2 Å². The van der Waals surface area contributed by atoms with Crippen LogP contribution < -0.4 is 5.43 Å². The van der Waals surface area contributed by atoms with Crippen molar-refractivity contribution in [2.45, 2.75) is 6.92 Å². The van der Waals surface area contributed by atoms with Crippen LogP contribution >= 0.6 is 11.6 Å². The van der Waals surface area contributed by atoms with Gasteiger partial charge in [0.1, 0.15) is 16.8 Å². The van der Waals surface area contributed by atoms with E-state index in [1.807, 2.05) is 0 Å². The van der Waals surface area contributed by atoms with Crippen molar-refractivity contribution >= 4 is 23.6 Å². The third kappa shape index (κ3) is 3.24. The molecule has 0 saturated carbocycles. The molecule has 1 aromatic carbocycles. The van der Waals surface area contributed by atoms with Crippen molar-refractivity contribution in [2.24, 2.45) is 5.10 Å². The van der Waals surface area contributed by atoms with E-state index < -0.39 is 0 Å². The highest BCUT2D eigenvalue weighted by atomic mass is 35.5. The van der Waals surface area contributed by atoms with Crippen LogP contribution in [0.1, 0.15) is 11.4 Å². The molecule has 0 bridgehead atoms. The van der Waals surface area contributed by atoms with E-state index in [4.69, 9.17) is 11.6 Å². The van der Waals surface area contributed by atoms with Crippen LogP contribution in [-0.2, 0) is 0 Å². The Morgan fingerprint density at radius 3 is 2.83 bits per heavy atom. The fourth-order valence-corrected chi connectivity index (χ4v) is 1.56. The van der Waals surface area contributed by atoms with Crippen LogP contribution in [0.2, 0.25) is 5.15 Å². The molecule has 0 aliphatic carbocycles. The largest absolute Gasteiger partial charge is 0.261 e. The summed E-state index contributed by atoms with van der Waals surface area (Å²) in [6, 6.07) is 7.88. The molecule has 0 spiro atoms. The predicted molar refractivity (Wildman–Crippen MR) is 69.4 cm³/mol. The summed E-state index contributed by atoms with van der Waals surface area (Å²) in [4.78, 5) is 7.99. The van der Waals surface area contributed by atoms with Crippen molar-refractivity contribution < 1.29 is 4.39 Å². The maximum Gasteiger partial charge on any atom is 0.151 e. The Labute approximate surface area is 109 Å². The number of nitrogens with zero attached hydrogens (tertiary/aromatic N) is 3. The zero-order valence-electron chi connectivity index (χ0n) is 9.56. The van der Waals surface area contributed by atoms with E-state index in [0.717, 1.165) is 0 Å². The normalized spacial score (nSPS) is 10.8. The fourth-order valence-electron chi connectivity index (χ4n) is 1.34. The molecule has 92 valence electrons. The van der Waals surface area contributed by atoms with Crippen molar-refractivity contribution in [3.63, 3.8) is 0 Å². The van der Waals surface area contributed by atoms with Crippen LogP contribution in [0.3, 0.4) is 0 Å². The molecule has 1 aromatic heterocycles. The lowest BCUT2D eigenvalue weighted by Crippen LogP contribution is -1.97. The Kier molecular flexibility index (Phi) is 3.84. The second-order valence-electron chi connectivity index (χ2n) is 3.51. The third-order valence-corrected chi connectivity index (χ3v) is 2.29. The SMILES string of the molecule is Cc1nc(Cl)cc(N/N=C/c2ccccc2F)n1. The van der Waals surface area contributed by atoms with Crippen LogP contribution in [0.5, 0.6) is 0 Å². The number of hydrazone groups is 1. The number of hydrogen-bond donors (Lipinski definition) is 1. The molecule has 0 amide bonds. The van der Waals surface area contributed by atoms with Gasteiger partial charge in [0.25, 0.3) is 0 Å². The summed E-state index contributed by atoms with van der Waals surface area (Å²) in [5.41, 5.74) is 3.06. The summed E-state index contributed by atoms with van der Waals surface area (Å²) in [5.74, 6) is 0.658.